The Balaban J connectivity index is 1.60. The number of para-hydroxylation sites is 1. The van der Waals surface area contributed by atoms with Crippen molar-refractivity contribution in [2.24, 2.45) is 0 Å². The van der Waals surface area contributed by atoms with Crippen LogP contribution >= 0.6 is 11.8 Å². The van der Waals surface area contributed by atoms with Gasteiger partial charge in [0.2, 0.25) is 11.1 Å². The van der Waals surface area contributed by atoms with E-state index < -0.39 is 0 Å². The van der Waals surface area contributed by atoms with Crippen molar-refractivity contribution in [2.75, 3.05) is 5.32 Å². The molecule has 21 heavy (non-hydrogen) atoms. The molecule has 1 aromatic heterocycles. The average Bonchev–Trinajstić information content (AvgIpc) is 3.22. The lowest BCUT2D eigenvalue weighted by atomic mass is 10.2. The van der Waals surface area contributed by atoms with Crippen LogP contribution < -0.4 is 5.32 Å². The number of hydrogen-bond acceptors (Lipinski definition) is 4. The van der Waals surface area contributed by atoms with E-state index in [1.165, 1.54) is 24.6 Å². The Hall–Kier alpha value is -1.82. The van der Waals surface area contributed by atoms with Crippen molar-refractivity contribution in [3.63, 3.8) is 0 Å². The summed E-state index contributed by atoms with van der Waals surface area (Å²) in [5, 5.41) is 10.5. The Morgan fingerprint density at radius 1 is 1.43 bits per heavy atom. The molecule has 5 nitrogen and oxygen atoms in total. The maximum Gasteiger partial charge on any atom is 0.237 e. The van der Waals surface area contributed by atoms with Gasteiger partial charge in [0.05, 0.1) is 5.25 Å². The van der Waals surface area contributed by atoms with Gasteiger partial charge in [-0.05, 0) is 38.3 Å². The van der Waals surface area contributed by atoms with Crippen molar-refractivity contribution < 1.29 is 4.79 Å². The first-order chi connectivity index (χ1) is 10.1. The lowest BCUT2D eigenvalue weighted by Crippen LogP contribution is -2.22. The van der Waals surface area contributed by atoms with Crippen molar-refractivity contribution in [1.82, 2.24) is 15.2 Å². The van der Waals surface area contributed by atoms with Crippen molar-refractivity contribution in [3.05, 3.63) is 35.7 Å². The summed E-state index contributed by atoms with van der Waals surface area (Å²) in [6.07, 6.45) is 2.37. The summed E-state index contributed by atoms with van der Waals surface area (Å²) < 4.78 is 0. The van der Waals surface area contributed by atoms with Crippen LogP contribution in [0.15, 0.2) is 29.4 Å². The number of anilines is 1. The first kappa shape index (κ1) is 14.1. The van der Waals surface area contributed by atoms with Gasteiger partial charge < -0.3 is 5.32 Å². The molecule has 1 aliphatic rings. The zero-order chi connectivity index (χ0) is 14.8. The molecule has 2 aromatic rings. The number of carbonyl (C=O) groups excluding carboxylic acids is 1. The molecule has 1 atom stereocenters. The van der Waals surface area contributed by atoms with Crippen LogP contribution in [0.25, 0.3) is 0 Å². The standard InChI is InChI=1S/C15H18N4OS/c1-9-5-3-4-6-12(9)16-14(20)10(2)21-15-17-13(18-19-15)11-7-8-11/h3-6,10-11H,7-8H2,1-2H3,(H,16,20)(H,17,18,19)/t10-/m1/s1. The lowest BCUT2D eigenvalue weighted by molar-refractivity contribution is -0.115. The molecular formula is C15H18N4OS. The van der Waals surface area contributed by atoms with Gasteiger partial charge in [0.1, 0.15) is 5.82 Å². The number of H-pyrrole nitrogens is 1. The van der Waals surface area contributed by atoms with E-state index >= 15 is 0 Å². The summed E-state index contributed by atoms with van der Waals surface area (Å²) in [7, 11) is 0. The number of benzene rings is 1. The third-order valence-corrected chi connectivity index (χ3v) is 4.46. The Morgan fingerprint density at radius 3 is 2.90 bits per heavy atom. The zero-order valence-corrected chi connectivity index (χ0v) is 12.9. The van der Waals surface area contributed by atoms with Crippen molar-refractivity contribution >= 4 is 23.4 Å². The minimum Gasteiger partial charge on any atom is -0.325 e. The van der Waals surface area contributed by atoms with Crippen molar-refractivity contribution in [1.29, 1.82) is 0 Å². The molecule has 1 amide bonds. The number of aryl methyl sites for hydroxylation is 1. The molecule has 0 radical (unpaired) electrons. The fraction of sp³-hybridized carbons (Fsp3) is 0.400. The number of nitrogens with zero attached hydrogens (tertiary/aromatic N) is 2. The predicted molar refractivity (Wildman–Crippen MR) is 83.5 cm³/mol. The molecule has 2 N–H and O–H groups in total. The van der Waals surface area contributed by atoms with Crippen LogP contribution in [0.1, 0.15) is 37.1 Å². The number of rotatable bonds is 5. The SMILES string of the molecule is Cc1ccccc1NC(=O)[C@@H](C)Sc1n[nH]c(C2CC2)n1. The fourth-order valence-corrected chi connectivity index (χ4v) is 2.74. The normalized spacial score (nSPS) is 15.7. The van der Waals surface area contributed by atoms with Crippen LogP contribution in [0, 0.1) is 6.92 Å². The highest BCUT2D eigenvalue weighted by molar-refractivity contribution is 8.00. The molecule has 0 saturated heterocycles. The van der Waals surface area contributed by atoms with Gasteiger partial charge in [-0.25, -0.2) is 4.98 Å². The van der Waals surface area contributed by atoms with Crippen molar-refractivity contribution in [3.8, 4) is 0 Å². The van der Waals surface area contributed by atoms with Gasteiger partial charge in [-0.15, -0.1) is 5.10 Å². The largest absolute Gasteiger partial charge is 0.325 e. The molecule has 1 heterocycles. The van der Waals surface area contributed by atoms with E-state index in [-0.39, 0.29) is 11.2 Å². The van der Waals surface area contributed by atoms with Gasteiger partial charge in [0.25, 0.3) is 0 Å². The Morgan fingerprint density at radius 2 is 2.19 bits per heavy atom. The lowest BCUT2D eigenvalue weighted by Gasteiger charge is -2.11. The third kappa shape index (κ3) is 3.44. The average molecular weight is 302 g/mol. The number of nitrogens with one attached hydrogen (secondary N) is 2. The van der Waals surface area contributed by atoms with E-state index in [2.05, 4.69) is 20.5 Å². The molecule has 1 saturated carbocycles. The van der Waals surface area contributed by atoms with E-state index in [0.717, 1.165) is 17.1 Å². The fourth-order valence-electron chi connectivity index (χ4n) is 2.01. The van der Waals surface area contributed by atoms with Gasteiger partial charge in [-0.2, -0.15) is 0 Å². The number of aromatic nitrogens is 3. The minimum atomic E-state index is -0.243. The third-order valence-electron chi connectivity index (χ3n) is 3.50. The number of aromatic amines is 1. The monoisotopic (exact) mass is 302 g/mol. The Kier molecular flexibility index (Phi) is 3.96. The van der Waals surface area contributed by atoms with Gasteiger partial charge in [0.15, 0.2) is 0 Å². The Labute approximate surface area is 127 Å². The maximum atomic E-state index is 12.2. The highest BCUT2D eigenvalue weighted by Crippen LogP contribution is 2.38. The molecule has 3 rings (SSSR count). The van der Waals surface area contributed by atoms with E-state index in [4.69, 9.17) is 0 Å². The maximum absolute atomic E-state index is 12.2. The minimum absolute atomic E-state index is 0.0351. The summed E-state index contributed by atoms with van der Waals surface area (Å²) in [5.41, 5.74) is 1.90. The first-order valence-electron chi connectivity index (χ1n) is 7.09. The second kappa shape index (κ2) is 5.89. The number of hydrogen-bond donors (Lipinski definition) is 2. The topological polar surface area (TPSA) is 70.7 Å². The predicted octanol–water partition coefficient (Wildman–Crippen LogP) is 3.11. The highest BCUT2D eigenvalue weighted by atomic mass is 32.2. The Bertz CT molecular complexity index is 651. The summed E-state index contributed by atoms with van der Waals surface area (Å²) in [6, 6.07) is 7.75. The molecule has 0 aliphatic heterocycles. The molecule has 1 aliphatic carbocycles. The van der Waals surface area contributed by atoms with Gasteiger partial charge in [-0.1, -0.05) is 30.0 Å². The van der Waals surface area contributed by atoms with E-state index in [0.29, 0.717) is 11.1 Å². The molecule has 1 fully saturated rings. The number of carbonyl (C=O) groups is 1. The summed E-state index contributed by atoms with van der Waals surface area (Å²) >= 11 is 1.38. The van der Waals surface area contributed by atoms with Crippen LogP contribution in [0.3, 0.4) is 0 Å². The van der Waals surface area contributed by atoms with E-state index in [9.17, 15) is 4.79 Å². The molecule has 6 heteroatoms. The van der Waals surface area contributed by atoms with Crippen LogP contribution in [0.5, 0.6) is 0 Å². The van der Waals surface area contributed by atoms with Crippen molar-refractivity contribution in [2.45, 2.75) is 43.0 Å². The highest BCUT2D eigenvalue weighted by Gasteiger charge is 2.27. The van der Waals surface area contributed by atoms with Crippen LogP contribution in [-0.4, -0.2) is 26.3 Å². The van der Waals surface area contributed by atoms with E-state index in [1.54, 1.807) is 0 Å². The summed E-state index contributed by atoms with van der Waals surface area (Å²) in [5.74, 6) is 1.46. The first-order valence-corrected chi connectivity index (χ1v) is 7.97. The molecule has 0 unspecified atom stereocenters. The smallest absolute Gasteiger partial charge is 0.237 e. The van der Waals surface area contributed by atoms with Crippen LogP contribution in [0.4, 0.5) is 5.69 Å². The molecular weight excluding hydrogens is 284 g/mol. The quantitative estimate of drug-likeness (QED) is 0.833. The van der Waals surface area contributed by atoms with Crippen LogP contribution in [0.2, 0.25) is 0 Å². The van der Waals surface area contributed by atoms with Gasteiger partial charge in [0, 0.05) is 11.6 Å². The zero-order valence-electron chi connectivity index (χ0n) is 12.1. The molecule has 110 valence electrons. The van der Waals surface area contributed by atoms with Gasteiger partial charge >= 0.3 is 0 Å². The molecule has 0 spiro atoms. The number of thioether (sulfide) groups is 1. The molecule has 0 bridgehead atoms. The summed E-state index contributed by atoms with van der Waals surface area (Å²) in [6.45, 7) is 3.84. The number of amides is 1. The summed E-state index contributed by atoms with van der Waals surface area (Å²) in [4.78, 5) is 16.7. The van der Waals surface area contributed by atoms with Crippen LogP contribution in [-0.2, 0) is 4.79 Å². The van der Waals surface area contributed by atoms with Gasteiger partial charge in [-0.3, -0.25) is 9.89 Å². The van der Waals surface area contributed by atoms with E-state index in [1.807, 2.05) is 38.1 Å². The second-order valence-corrected chi connectivity index (χ2v) is 6.65. The molecule has 1 aromatic carbocycles. The second-order valence-electron chi connectivity index (χ2n) is 5.34.